The third-order valence-electron chi connectivity index (χ3n) is 3.93. The van der Waals surface area contributed by atoms with Crippen LogP contribution in [0, 0.1) is 0 Å². The van der Waals surface area contributed by atoms with Gasteiger partial charge in [-0.1, -0.05) is 13.8 Å². The van der Waals surface area contributed by atoms with Crippen LogP contribution < -0.4 is 0 Å². The van der Waals surface area contributed by atoms with Crippen molar-refractivity contribution in [2.75, 3.05) is 19.9 Å². The normalized spacial score (nSPS) is 37.7. The number of hydrogen-bond donors (Lipinski definition) is 0. The lowest BCUT2D eigenvalue weighted by Gasteiger charge is -2.29. The van der Waals surface area contributed by atoms with Crippen molar-refractivity contribution in [1.29, 1.82) is 0 Å². The highest BCUT2D eigenvalue weighted by molar-refractivity contribution is 7.59. The van der Waals surface area contributed by atoms with Crippen LogP contribution in [0.25, 0.3) is 0 Å². The molecule has 0 aliphatic carbocycles. The fourth-order valence-corrected chi connectivity index (χ4v) is 4.92. The summed E-state index contributed by atoms with van der Waals surface area (Å²) in [5, 5.41) is 0. The molecule has 124 valence electrons. The molecule has 2 heterocycles. The van der Waals surface area contributed by atoms with Gasteiger partial charge in [0.15, 0.2) is 12.1 Å². The first-order valence-corrected chi connectivity index (χ1v) is 9.37. The number of methoxy groups -OCH3 is 1. The van der Waals surface area contributed by atoms with Crippen LogP contribution in [-0.2, 0) is 28.0 Å². The molecule has 0 saturated carbocycles. The third kappa shape index (κ3) is 3.52. The van der Waals surface area contributed by atoms with Gasteiger partial charge >= 0.3 is 0 Å². The smallest absolute Gasteiger partial charge is 0.208 e. The summed E-state index contributed by atoms with van der Waals surface area (Å²) in [5.74, 6) is -0.682. The zero-order valence-corrected chi connectivity index (χ0v) is 14.6. The predicted molar refractivity (Wildman–Crippen MR) is 78.7 cm³/mol. The van der Waals surface area contributed by atoms with Crippen molar-refractivity contribution in [1.82, 2.24) is 0 Å². The molecule has 2 aliphatic rings. The van der Waals surface area contributed by atoms with E-state index < -0.39 is 19.4 Å². The molecular formula is C14H27O6P. The lowest BCUT2D eigenvalue weighted by molar-refractivity contribution is -0.213. The molecule has 2 rings (SSSR count). The van der Waals surface area contributed by atoms with Gasteiger partial charge in [0.2, 0.25) is 7.37 Å². The van der Waals surface area contributed by atoms with Crippen LogP contribution in [-0.4, -0.2) is 55.9 Å². The Labute approximate surface area is 126 Å². The average Bonchev–Trinajstić information content (AvgIpc) is 2.79. The maximum Gasteiger partial charge on any atom is 0.208 e. The van der Waals surface area contributed by atoms with Crippen LogP contribution in [0.2, 0.25) is 0 Å². The molecule has 2 aliphatic heterocycles. The molecule has 0 bridgehead atoms. The SMILES string of the molecule is CCOP(=O)(C[C@H]1O[C@H]2OC(C)(C)O[C@H]2[C@@H]1OC)C(C)C. The quantitative estimate of drug-likeness (QED) is 0.701. The summed E-state index contributed by atoms with van der Waals surface area (Å²) in [6.45, 7) is 9.77. The van der Waals surface area contributed by atoms with E-state index in [0.717, 1.165) is 0 Å². The molecule has 0 aromatic carbocycles. The second-order valence-electron chi connectivity index (χ2n) is 6.26. The standard InChI is InChI=1S/C14H27O6P/c1-7-17-21(15,9(2)3)8-10-11(16-6)12-13(18-10)20-14(4,5)19-12/h9-13H,7-8H2,1-6H3/t10-,11-,12+,13+,21?/m1/s1. The van der Waals surface area contributed by atoms with E-state index in [1.165, 1.54) is 0 Å². The maximum absolute atomic E-state index is 12.9. The van der Waals surface area contributed by atoms with Crippen LogP contribution in [0.4, 0.5) is 0 Å². The zero-order chi connectivity index (χ0) is 15.8. The van der Waals surface area contributed by atoms with E-state index in [9.17, 15) is 4.57 Å². The topological polar surface area (TPSA) is 63.2 Å². The first kappa shape index (κ1) is 17.4. The number of fused-ring (bicyclic) bond motifs is 1. The highest BCUT2D eigenvalue weighted by Crippen LogP contribution is 2.54. The van der Waals surface area contributed by atoms with Gasteiger partial charge < -0.3 is 23.5 Å². The summed E-state index contributed by atoms with van der Waals surface area (Å²) in [6.07, 6.45) is -1.10. The first-order valence-electron chi connectivity index (χ1n) is 7.49. The summed E-state index contributed by atoms with van der Waals surface area (Å²) < 4.78 is 41.5. The molecule has 0 aromatic rings. The van der Waals surface area contributed by atoms with Crippen molar-refractivity contribution in [2.45, 2.75) is 70.7 Å². The van der Waals surface area contributed by atoms with Crippen molar-refractivity contribution in [2.24, 2.45) is 0 Å². The Morgan fingerprint density at radius 2 is 1.95 bits per heavy atom. The number of ether oxygens (including phenoxy) is 4. The Balaban J connectivity index is 2.10. The Morgan fingerprint density at radius 3 is 2.48 bits per heavy atom. The lowest BCUT2D eigenvalue weighted by Crippen LogP contribution is -2.38. The molecule has 5 atom stereocenters. The summed E-state index contributed by atoms with van der Waals surface area (Å²) in [4.78, 5) is 0. The minimum atomic E-state index is -2.78. The monoisotopic (exact) mass is 322 g/mol. The van der Waals surface area contributed by atoms with Gasteiger partial charge in [0.05, 0.1) is 18.9 Å². The summed E-state index contributed by atoms with van der Waals surface area (Å²) in [7, 11) is -1.17. The van der Waals surface area contributed by atoms with E-state index in [1.54, 1.807) is 7.11 Å². The van der Waals surface area contributed by atoms with Gasteiger partial charge in [-0.05, 0) is 20.8 Å². The van der Waals surface area contributed by atoms with E-state index >= 15 is 0 Å². The zero-order valence-electron chi connectivity index (χ0n) is 13.7. The Bertz CT molecular complexity index is 410. The number of hydrogen-bond acceptors (Lipinski definition) is 6. The predicted octanol–water partition coefficient (Wildman–Crippen LogP) is 2.60. The van der Waals surface area contributed by atoms with Gasteiger partial charge in [-0.3, -0.25) is 4.57 Å². The van der Waals surface area contributed by atoms with Crippen LogP contribution in [0.3, 0.4) is 0 Å². The maximum atomic E-state index is 12.9. The fraction of sp³-hybridized carbons (Fsp3) is 1.00. The Kier molecular flexibility index (Phi) is 5.19. The second kappa shape index (κ2) is 6.26. The molecule has 0 N–H and O–H groups in total. The van der Waals surface area contributed by atoms with E-state index in [1.807, 2.05) is 34.6 Å². The first-order chi connectivity index (χ1) is 9.72. The highest BCUT2D eigenvalue weighted by Gasteiger charge is 2.56. The molecule has 2 fully saturated rings. The molecule has 2 saturated heterocycles. The highest BCUT2D eigenvalue weighted by atomic mass is 31.2. The fourth-order valence-electron chi connectivity index (χ4n) is 2.86. The largest absolute Gasteiger partial charge is 0.376 e. The molecule has 6 nitrogen and oxygen atoms in total. The molecule has 21 heavy (non-hydrogen) atoms. The van der Waals surface area contributed by atoms with Crippen molar-refractivity contribution >= 4 is 7.37 Å². The van der Waals surface area contributed by atoms with Crippen LogP contribution in [0.5, 0.6) is 0 Å². The van der Waals surface area contributed by atoms with Gasteiger partial charge in [-0.15, -0.1) is 0 Å². The van der Waals surface area contributed by atoms with Gasteiger partial charge in [0, 0.05) is 12.8 Å². The lowest BCUT2D eigenvalue weighted by atomic mass is 10.1. The Morgan fingerprint density at radius 1 is 1.29 bits per heavy atom. The summed E-state index contributed by atoms with van der Waals surface area (Å²) in [5.41, 5.74) is -0.0581. The third-order valence-corrected chi connectivity index (χ3v) is 7.07. The minimum Gasteiger partial charge on any atom is -0.376 e. The Hall–Kier alpha value is 0.0300. The van der Waals surface area contributed by atoms with Crippen molar-refractivity contribution < 1.29 is 28.0 Å². The van der Waals surface area contributed by atoms with Gasteiger partial charge in [-0.2, -0.15) is 0 Å². The molecule has 0 amide bonds. The van der Waals surface area contributed by atoms with Crippen LogP contribution in [0.15, 0.2) is 0 Å². The van der Waals surface area contributed by atoms with Crippen LogP contribution >= 0.6 is 7.37 Å². The van der Waals surface area contributed by atoms with Crippen LogP contribution in [0.1, 0.15) is 34.6 Å². The average molecular weight is 322 g/mol. The second-order valence-corrected chi connectivity index (χ2v) is 9.37. The van der Waals surface area contributed by atoms with Gasteiger partial charge in [0.25, 0.3) is 0 Å². The molecule has 0 spiro atoms. The summed E-state index contributed by atoms with van der Waals surface area (Å²) in [6, 6.07) is 0. The molecule has 0 aromatic heterocycles. The van der Waals surface area contributed by atoms with Gasteiger partial charge in [-0.25, -0.2) is 0 Å². The summed E-state index contributed by atoms with van der Waals surface area (Å²) >= 11 is 0. The molecule has 0 radical (unpaired) electrons. The van der Waals surface area contributed by atoms with E-state index in [0.29, 0.717) is 12.8 Å². The van der Waals surface area contributed by atoms with Crippen molar-refractivity contribution in [3.05, 3.63) is 0 Å². The van der Waals surface area contributed by atoms with Crippen molar-refractivity contribution in [3.63, 3.8) is 0 Å². The van der Waals surface area contributed by atoms with Gasteiger partial charge in [0.1, 0.15) is 12.2 Å². The van der Waals surface area contributed by atoms with E-state index in [-0.39, 0.29) is 24.0 Å². The van der Waals surface area contributed by atoms with E-state index in [2.05, 4.69) is 0 Å². The molecule has 1 unspecified atom stereocenters. The minimum absolute atomic E-state index is 0.0581. The molecule has 7 heteroatoms. The molecular weight excluding hydrogens is 295 g/mol. The van der Waals surface area contributed by atoms with E-state index in [4.69, 9.17) is 23.5 Å². The number of rotatable bonds is 6. The van der Waals surface area contributed by atoms with Crippen molar-refractivity contribution in [3.8, 4) is 0 Å².